The first-order chi connectivity index (χ1) is 8.00. The summed E-state index contributed by atoms with van der Waals surface area (Å²) < 4.78 is 27.8. The van der Waals surface area contributed by atoms with Crippen molar-refractivity contribution in [3.05, 3.63) is 23.7 Å². The molecule has 1 fully saturated rings. The van der Waals surface area contributed by atoms with E-state index in [1.54, 1.807) is 12.1 Å². The molecule has 1 aromatic rings. The quantitative estimate of drug-likeness (QED) is 0.867. The first-order valence-corrected chi connectivity index (χ1v) is 7.42. The van der Waals surface area contributed by atoms with E-state index in [9.17, 15) is 13.2 Å². The Morgan fingerprint density at radius 3 is 2.82 bits per heavy atom. The molecule has 0 aliphatic carbocycles. The van der Waals surface area contributed by atoms with E-state index in [0.717, 1.165) is 12.2 Å². The summed E-state index contributed by atoms with van der Waals surface area (Å²) in [6, 6.07) is 3.07. The number of sulfone groups is 1. The SMILES string of the molecule is CCc1ccc(C(=O)N[C@@H]2CCS(=O)(=O)C2)o1. The van der Waals surface area contributed by atoms with Crippen molar-refractivity contribution in [2.24, 2.45) is 0 Å². The highest BCUT2D eigenvalue weighted by Crippen LogP contribution is 2.13. The molecule has 94 valence electrons. The van der Waals surface area contributed by atoms with Crippen molar-refractivity contribution >= 4 is 15.7 Å². The van der Waals surface area contributed by atoms with Gasteiger partial charge in [0.15, 0.2) is 15.6 Å². The van der Waals surface area contributed by atoms with Gasteiger partial charge in [0.05, 0.1) is 11.5 Å². The largest absolute Gasteiger partial charge is 0.456 e. The lowest BCUT2D eigenvalue weighted by molar-refractivity contribution is 0.0911. The average Bonchev–Trinajstić information content (AvgIpc) is 2.85. The van der Waals surface area contributed by atoms with Crippen LogP contribution in [-0.2, 0) is 16.3 Å². The predicted octanol–water partition coefficient (Wildman–Crippen LogP) is 0.759. The highest BCUT2D eigenvalue weighted by atomic mass is 32.2. The molecule has 0 radical (unpaired) electrons. The first-order valence-electron chi connectivity index (χ1n) is 5.60. The van der Waals surface area contributed by atoms with Gasteiger partial charge in [-0.15, -0.1) is 0 Å². The van der Waals surface area contributed by atoms with E-state index in [1.807, 2.05) is 6.92 Å². The first kappa shape index (κ1) is 12.2. The van der Waals surface area contributed by atoms with Crippen LogP contribution in [-0.4, -0.2) is 31.9 Å². The third-order valence-corrected chi connectivity index (χ3v) is 4.57. The fourth-order valence-corrected chi connectivity index (χ4v) is 3.53. The second-order valence-electron chi connectivity index (χ2n) is 4.19. The normalized spacial score (nSPS) is 22.5. The molecule has 1 atom stereocenters. The van der Waals surface area contributed by atoms with Gasteiger partial charge in [0.2, 0.25) is 0 Å². The lowest BCUT2D eigenvalue weighted by atomic mass is 10.2. The van der Waals surface area contributed by atoms with Gasteiger partial charge in [-0.25, -0.2) is 8.42 Å². The van der Waals surface area contributed by atoms with Crippen LogP contribution in [0.1, 0.15) is 29.7 Å². The molecule has 17 heavy (non-hydrogen) atoms. The van der Waals surface area contributed by atoms with Crippen LogP contribution in [0.25, 0.3) is 0 Å². The number of aryl methyl sites for hydroxylation is 1. The number of amides is 1. The van der Waals surface area contributed by atoms with Crippen molar-refractivity contribution in [2.45, 2.75) is 25.8 Å². The molecule has 1 aliphatic heterocycles. The molecule has 0 saturated carbocycles. The summed E-state index contributed by atoms with van der Waals surface area (Å²) >= 11 is 0. The zero-order valence-corrected chi connectivity index (χ0v) is 10.4. The van der Waals surface area contributed by atoms with Gasteiger partial charge >= 0.3 is 0 Å². The molecule has 1 N–H and O–H groups in total. The van der Waals surface area contributed by atoms with Crippen molar-refractivity contribution in [2.75, 3.05) is 11.5 Å². The minimum absolute atomic E-state index is 0.0279. The van der Waals surface area contributed by atoms with Crippen molar-refractivity contribution < 1.29 is 17.6 Å². The second-order valence-corrected chi connectivity index (χ2v) is 6.42. The van der Waals surface area contributed by atoms with E-state index in [2.05, 4.69) is 5.32 Å². The Morgan fingerprint density at radius 1 is 1.53 bits per heavy atom. The number of carbonyl (C=O) groups excluding carboxylic acids is 1. The second kappa shape index (κ2) is 4.52. The van der Waals surface area contributed by atoms with Crippen molar-refractivity contribution in [1.82, 2.24) is 5.32 Å². The maximum Gasteiger partial charge on any atom is 0.287 e. The summed E-state index contributed by atoms with van der Waals surface area (Å²) in [5.41, 5.74) is 0. The fraction of sp³-hybridized carbons (Fsp3) is 0.545. The minimum Gasteiger partial charge on any atom is -0.456 e. The average molecular weight is 257 g/mol. The van der Waals surface area contributed by atoms with Crippen LogP contribution in [0.15, 0.2) is 16.5 Å². The molecule has 5 nitrogen and oxygen atoms in total. The molecule has 6 heteroatoms. The van der Waals surface area contributed by atoms with E-state index in [1.165, 1.54) is 0 Å². The molecule has 1 amide bonds. The summed E-state index contributed by atoms with van der Waals surface area (Å²) in [6.45, 7) is 1.93. The molecule has 0 unspecified atom stereocenters. The predicted molar refractivity (Wildman–Crippen MR) is 62.6 cm³/mol. The van der Waals surface area contributed by atoms with E-state index in [4.69, 9.17) is 4.42 Å². The van der Waals surface area contributed by atoms with Crippen LogP contribution >= 0.6 is 0 Å². The van der Waals surface area contributed by atoms with Gasteiger partial charge in [-0.1, -0.05) is 6.92 Å². The Balaban J connectivity index is 1.98. The Hall–Kier alpha value is -1.30. The van der Waals surface area contributed by atoms with Crippen LogP contribution in [0.2, 0.25) is 0 Å². The van der Waals surface area contributed by atoms with Gasteiger partial charge in [0.1, 0.15) is 5.76 Å². The Labute approximate surface area is 100 Å². The Morgan fingerprint density at radius 2 is 2.29 bits per heavy atom. The van der Waals surface area contributed by atoms with Gasteiger partial charge in [-0.2, -0.15) is 0 Å². The molecule has 1 saturated heterocycles. The van der Waals surface area contributed by atoms with Crippen LogP contribution < -0.4 is 5.32 Å². The molecular weight excluding hydrogens is 242 g/mol. The van der Waals surface area contributed by atoms with E-state index in [0.29, 0.717) is 6.42 Å². The van der Waals surface area contributed by atoms with Crippen molar-refractivity contribution in [3.8, 4) is 0 Å². The monoisotopic (exact) mass is 257 g/mol. The standard InChI is InChI=1S/C11H15NO4S/c1-2-9-3-4-10(16-9)11(13)12-8-5-6-17(14,15)7-8/h3-4,8H,2,5-7H2,1H3,(H,12,13)/t8-/m1/s1. The van der Waals surface area contributed by atoms with Crippen LogP contribution in [0.5, 0.6) is 0 Å². The molecule has 0 aromatic carbocycles. The summed E-state index contributed by atoms with van der Waals surface area (Å²) in [4.78, 5) is 11.7. The molecule has 2 rings (SSSR count). The number of hydrogen-bond acceptors (Lipinski definition) is 4. The molecule has 2 heterocycles. The number of furan rings is 1. The summed E-state index contributed by atoms with van der Waals surface area (Å²) in [7, 11) is -2.97. The van der Waals surface area contributed by atoms with E-state index < -0.39 is 9.84 Å². The lowest BCUT2D eigenvalue weighted by Crippen LogP contribution is -2.35. The smallest absolute Gasteiger partial charge is 0.287 e. The zero-order chi connectivity index (χ0) is 12.5. The molecule has 0 bridgehead atoms. The van der Waals surface area contributed by atoms with E-state index in [-0.39, 0.29) is 29.2 Å². The van der Waals surface area contributed by atoms with Gasteiger partial charge in [0, 0.05) is 12.5 Å². The highest BCUT2D eigenvalue weighted by molar-refractivity contribution is 7.91. The molecule has 0 spiro atoms. The fourth-order valence-electron chi connectivity index (χ4n) is 1.86. The van der Waals surface area contributed by atoms with Gasteiger partial charge < -0.3 is 9.73 Å². The molecule has 1 aliphatic rings. The topological polar surface area (TPSA) is 76.4 Å². The van der Waals surface area contributed by atoms with Crippen molar-refractivity contribution in [1.29, 1.82) is 0 Å². The highest BCUT2D eigenvalue weighted by Gasteiger charge is 2.29. The lowest BCUT2D eigenvalue weighted by Gasteiger charge is -2.08. The molecule has 1 aromatic heterocycles. The molecular formula is C11H15NO4S. The summed E-state index contributed by atoms with van der Waals surface area (Å²) in [5.74, 6) is 0.822. The maximum atomic E-state index is 11.7. The third-order valence-electron chi connectivity index (χ3n) is 2.80. The summed E-state index contributed by atoms with van der Waals surface area (Å²) in [5, 5.41) is 2.68. The Bertz CT molecular complexity index is 517. The Kier molecular flexibility index (Phi) is 3.24. The van der Waals surface area contributed by atoms with E-state index >= 15 is 0 Å². The number of nitrogens with one attached hydrogen (secondary N) is 1. The van der Waals surface area contributed by atoms with Crippen molar-refractivity contribution in [3.63, 3.8) is 0 Å². The number of hydrogen-bond donors (Lipinski definition) is 1. The summed E-state index contributed by atoms with van der Waals surface area (Å²) in [6.07, 6.45) is 1.21. The minimum atomic E-state index is -2.97. The van der Waals surface area contributed by atoms with Crippen LogP contribution in [0.3, 0.4) is 0 Å². The van der Waals surface area contributed by atoms with Crippen LogP contribution in [0.4, 0.5) is 0 Å². The van der Waals surface area contributed by atoms with Gasteiger partial charge in [-0.3, -0.25) is 4.79 Å². The van der Waals surface area contributed by atoms with Gasteiger partial charge in [-0.05, 0) is 18.6 Å². The third kappa shape index (κ3) is 2.88. The number of carbonyl (C=O) groups is 1. The van der Waals surface area contributed by atoms with Gasteiger partial charge in [0.25, 0.3) is 5.91 Å². The maximum absolute atomic E-state index is 11.7. The zero-order valence-electron chi connectivity index (χ0n) is 9.60. The number of rotatable bonds is 3. The van der Waals surface area contributed by atoms with Crippen LogP contribution in [0, 0.1) is 0 Å².